The summed E-state index contributed by atoms with van der Waals surface area (Å²) < 4.78 is 0. The summed E-state index contributed by atoms with van der Waals surface area (Å²) in [6.45, 7) is 0. The molecule has 1 aromatic heterocycles. The fraction of sp³-hybridized carbons (Fsp3) is 0. The second-order valence-electron chi connectivity index (χ2n) is 3.22. The highest BCUT2D eigenvalue weighted by Crippen LogP contribution is 2.14. The van der Waals surface area contributed by atoms with E-state index < -0.39 is 0 Å². The molecule has 0 saturated carbocycles. The lowest BCUT2D eigenvalue weighted by molar-refractivity contribution is 0.102. The Balaban J connectivity index is 2.16. The number of nitriles is 1. The molecule has 0 atom stereocenters. The van der Waals surface area contributed by atoms with Crippen LogP contribution in [-0.4, -0.2) is 10.9 Å². The molecule has 0 saturated heterocycles. The van der Waals surface area contributed by atoms with Crippen molar-refractivity contribution < 1.29 is 4.79 Å². The summed E-state index contributed by atoms with van der Waals surface area (Å²) in [6, 6.07) is 8.65. The first kappa shape index (κ1) is 11.1. The van der Waals surface area contributed by atoms with Crippen LogP contribution in [0.15, 0.2) is 29.6 Å². The highest BCUT2D eigenvalue weighted by Gasteiger charge is 2.09. The van der Waals surface area contributed by atoms with Crippen LogP contribution in [0.1, 0.15) is 16.1 Å². The van der Waals surface area contributed by atoms with Gasteiger partial charge in [-0.05, 0) is 18.2 Å². The van der Waals surface area contributed by atoms with Crippen molar-refractivity contribution in [3.63, 3.8) is 0 Å². The first-order chi connectivity index (χ1) is 8.19. The highest BCUT2D eigenvalue weighted by atomic mass is 32.1. The summed E-state index contributed by atoms with van der Waals surface area (Å²) in [5.41, 5.74) is 6.76. The van der Waals surface area contributed by atoms with Crippen molar-refractivity contribution in [1.29, 1.82) is 5.26 Å². The Morgan fingerprint density at radius 1 is 1.53 bits per heavy atom. The molecule has 0 radical (unpaired) electrons. The van der Waals surface area contributed by atoms with Crippen molar-refractivity contribution in [3.05, 3.63) is 40.9 Å². The molecular formula is C11H8N4OS. The molecular weight excluding hydrogens is 236 g/mol. The van der Waals surface area contributed by atoms with Crippen LogP contribution in [0.3, 0.4) is 0 Å². The van der Waals surface area contributed by atoms with Gasteiger partial charge in [0.2, 0.25) is 0 Å². The number of hydrogen-bond donors (Lipinski definition) is 2. The molecule has 1 aromatic carbocycles. The fourth-order valence-electron chi connectivity index (χ4n) is 1.25. The Bertz CT molecular complexity index is 600. The number of nitrogen functional groups attached to an aromatic ring is 1. The van der Waals surface area contributed by atoms with Crippen molar-refractivity contribution in [2.75, 3.05) is 11.1 Å². The largest absolute Gasteiger partial charge is 0.375 e. The van der Waals surface area contributed by atoms with Crippen LogP contribution in [0.4, 0.5) is 10.8 Å². The lowest BCUT2D eigenvalue weighted by atomic mass is 10.2. The summed E-state index contributed by atoms with van der Waals surface area (Å²) >= 11 is 1.20. The summed E-state index contributed by atoms with van der Waals surface area (Å²) in [5, 5.41) is 13.3. The number of benzene rings is 1. The molecule has 0 aliphatic carbocycles. The summed E-state index contributed by atoms with van der Waals surface area (Å²) in [4.78, 5) is 15.6. The van der Waals surface area contributed by atoms with Gasteiger partial charge in [0.15, 0.2) is 5.13 Å². The van der Waals surface area contributed by atoms with Gasteiger partial charge in [0.25, 0.3) is 5.91 Å². The monoisotopic (exact) mass is 244 g/mol. The van der Waals surface area contributed by atoms with Crippen LogP contribution in [0.5, 0.6) is 0 Å². The zero-order chi connectivity index (χ0) is 12.3. The smallest absolute Gasteiger partial charge is 0.275 e. The number of aromatic nitrogens is 1. The molecule has 0 aliphatic rings. The number of nitrogens with one attached hydrogen (secondary N) is 1. The van der Waals surface area contributed by atoms with Crippen LogP contribution in [-0.2, 0) is 0 Å². The number of nitrogens with zero attached hydrogens (tertiary/aromatic N) is 2. The number of nitrogens with two attached hydrogens (primary N) is 1. The molecule has 84 valence electrons. The molecule has 0 fully saturated rings. The van der Waals surface area contributed by atoms with Crippen LogP contribution >= 0.6 is 11.3 Å². The molecule has 5 nitrogen and oxygen atoms in total. The van der Waals surface area contributed by atoms with Gasteiger partial charge in [-0.15, -0.1) is 11.3 Å². The van der Waals surface area contributed by atoms with E-state index in [0.29, 0.717) is 16.4 Å². The van der Waals surface area contributed by atoms with Crippen LogP contribution in [0.2, 0.25) is 0 Å². The van der Waals surface area contributed by atoms with Gasteiger partial charge in [0, 0.05) is 11.1 Å². The molecule has 0 bridgehead atoms. The minimum atomic E-state index is -0.340. The van der Waals surface area contributed by atoms with E-state index in [-0.39, 0.29) is 11.6 Å². The standard InChI is InChI=1S/C11H8N4OS/c12-5-7-2-1-3-8(4-7)14-10(16)9-6-17-11(13)15-9/h1-4,6H,(H2,13,15)(H,14,16). The molecule has 1 heterocycles. The lowest BCUT2D eigenvalue weighted by Gasteiger charge is -2.02. The minimum Gasteiger partial charge on any atom is -0.375 e. The molecule has 3 N–H and O–H groups in total. The van der Waals surface area contributed by atoms with Crippen molar-refractivity contribution >= 4 is 28.1 Å². The maximum Gasteiger partial charge on any atom is 0.275 e. The van der Waals surface area contributed by atoms with Crippen molar-refractivity contribution in [3.8, 4) is 6.07 Å². The van der Waals surface area contributed by atoms with Crippen LogP contribution < -0.4 is 11.1 Å². The number of amides is 1. The Kier molecular flexibility index (Phi) is 3.03. The molecule has 0 spiro atoms. The van der Waals surface area contributed by atoms with E-state index in [4.69, 9.17) is 11.0 Å². The Hall–Kier alpha value is -2.39. The van der Waals surface area contributed by atoms with Gasteiger partial charge in [-0.1, -0.05) is 6.07 Å². The first-order valence-corrected chi connectivity index (χ1v) is 5.59. The molecule has 17 heavy (non-hydrogen) atoms. The third-order valence-electron chi connectivity index (χ3n) is 2.00. The van der Waals surface area contributed by atoms with E-state index in [9.17, 15) is 4.79 Å². The molecule has 6 heteroatoms. The second-order valence-corrected chi connectivity index (χ2v) is 4.11. The number of carbonyl (C=O) groups is 1. The van der Waals surface area contributed by atoms with Crippen LogP contribution in [0, 0.1) is 11.3 Å². The van der Waals surface area contributed by atoms with Gasteiger partial charge in [-0.25, -0.2) is 4.98 Å². The molecule has 0 aliphatic heterocycles. The normalized spacial score (nSPS) is 9.59. The average molecular weight is 244 g/mol. The Labute approximate surface area is 102 Å². The summed E-state index contributed by atoms with van der Waals surface area (Å²) in [5.74, 6) is -0.340. The molecule has 2 aromatic rings. The first-order valence-electron chi connectivity index (χ1n) is 4.71. The molecule has 2 rings (SSSR count). The SMILES string of the molecule is N#Cc1cccc(NC(=O)c2csc(N)n2)c1. The summed E-state index contributed by atoms with van der Waals surface area (Å²) in [7, 11) is 0. The van der Waals surface area contributed by atoms with Crippen molar-refractivity contribution in [2.45, 2.75) is 0 Å². The highest BCUT2D eigenvalue weighted by molar-refractivity contribution is 7.13. The lowest BCUT2D eigenvalue weighted by Crippen LogP contribution is -2.12. The van der Waals surface area contributed by atoms with E-state index in [0.717, 1.165) is 0 Å². The number of hydrogen-bond acceptors (Lipinski definition) is 5. The third-order valence-corrected chi connectivity index (χ3v) is 2.68. The maximum atomic E-state index is 11.7. The van der Waals surface area contributed by atoms with E-state index >= 15 is 0 Å². The van der Waals surface area contributed by atoms with Gasteiger partial charge in [0.05, 0.1) is 11.6 Å². The minimum absolute atomic E-state index is 0.273. The Morgan fingerprint density at radius 2 is 2.35 bits per heavy atom. The van der Waals surface area contributed by atoms with E-state index in [1.54, 1.807) is 29.6 Å². The number of thiazole rings is 1. The van der Waals surface area contributed by atoms with Crippen molar-refractivity contribution in [2.24, 2.45) is 0 Å². The summed E-state index contributed by atoms with van der Waals surface area (Å²) in [6.07, 6.45) is 0. The van der Waals surface area contributed by atoms with E-state index in [1.807, 2.05) is 6.07 Å². The predicted molar refractivity (Wildman–Crippen MR) is 65.6 cm³/mol. The van der Waals surface area contributed by atoms with Gasteiger partial charge >= 0.3 is 0 Å². The number of anilines is 2. The van der Waals surface area contributed by atoms with Crippen LogP contribution in [0.25, 0.3) is 0 Å². The van der Waals surface area contributed by atoms with Gasteiger partial charge in [-0.2, -0.15) is 5.26 Å². The van der Waals surface area contributed by atoms with Crippen molar-refractivity contribution in [1.82, 2.24) is 4.98 Å². The van der Waals surface area contributed by atoms with Gasteiger partial charge < -0.3 is 11.1 Å². The molecule has 1 amide bonds. The molecule has 0 unspecified atom stereocenters. The average Bonchev–Trinajstić information content (AvgIpc) is 2.76. The maximum absolute atomic E-state index is 11.7. The number of rotatable bonds is 2. The quantitative estimate of drug-likeness (QED) is 0.843. The predicted octanol–water partition coefficient (Wildman–Crippen LogP) is 1.85. The van der Waals surface area contributed by atoms with Gasteiger partial charge in [-0.3, -0.25) is 4.79 Å². The number of carbonyl (C=O) groups excluding carboxylic acids is 1. The zero-order valence-corrected chi connectivity index (χ0v) is 9.49. The zero-order valence-electron chi connectivity index (χ0n) is 8.68. The fourth-order valence-corrected chi connectivity index (χ4v) is 1.80. The van der Waals surface area contributed by atoms with E-state index in [1.165, 1.54) is 11.3 Å². The third kappa shape index (κ3) is 2.59. The Morgan fingerprint density at radius 3 is 3.00 bits per heavy atom. The topological polar surface area (TPSA) is 91.8 Å². The van der Waals surface area contributed by atoms with Gasteiger partial charge in [0.1, 0.15) is 5.69 Å². The van der Waals surface area contributed by atoms with E-state index in [2.05, 4.69) is 10.3 Å². The second kappa shape index (κ2) is 4.63.